The summed E-state index contributed by atoms with van der Waals surface area (Å²) in [5, 5.41) is 17.6. The summed E-state index contributed by atoms with van der Waals surface area (Å²) in [6.45, 7) is 2.02. The maximum atomic E-state index is 12.5. The Kier molecular flexibility index (Phi) is 7.57. The molecule has 0 saturated carbocycles. The lowest BCUT2D eigenvalue weighted by Crippen LogP contribution is -2.21. The van der Waals surface area contributed by atoms with Crippen LogP contribution in [0.4, 0.5) is 5.69 Å². The summed E-state index contributed by atoms with van der Waals surface area (Å²) in [6, 6.07) is 12.9. The fraction of sp³-hybridized carbons (Fsp3) is 0.250. The maximum absolute atomic E-state index is 12.5. The summed E-state index contributed by atoms with van der Waals surface area (Å²) in [4.78, 5) is 14.4. The van der Waals surface area contributed by atoms with Gasteiger partial charge >= 0.3 is 0 Å². The van der Waals surface area contributed by atoms with E-state index in [1.54, 1.807) is 12.1 Å². The predicted octanol–water partition coefficient (Wildman–Crippen LogP) is 2.92. The number of carbonyl (C=O) groups is 1. The number of carbonyl (C=O) groups excluding carboxylic acids is 1. The third-order valence-corrected chi connectivity index (χ3v) is 6.80. The number of amides is 1. The normalized spacial score (nSPS) is 12.7. The Morgan fingerprint density at radius 2 is 1.78 bits per heavy atom. The van der Waals surface area contributed by atoms with Gasteiger partial charge in [0, 0.05) is 16.4 Å². The van der Waals surface area contributed by atoms with Gasteiger partial charge in [0.1, 0.15) is 0 Å². The fourth-order valence-electron chi connectivity index (χ4n) is 2.76. The van der Waals surface area contributed by atoms with Crippen LogP contribution in [0.15, 0.2) is 58.6 Å². The molecule has 0 bridgehead atoms. The molecule has 3 rings (SSSR count). The Labute approximate surface area is 196 Å². The third-order valence-electron chi connectivity index (χ3n) is 4.69. The number of hydrogen-bond acceptors (Lipinski definition) is 7. The van der Waals surface area contributed by atoms with Gasteiger partial charge in [-0.25, -0.2) is 13.6 Å². The van der Waals surface area contributed by atoms with Crippen LogP contribution in [-0.2, 0) is 14.8 Å². The van der Waals surface area contributed by atoms with Crippen molar-refractivity contribution in [2.75, 3.05) is 25.2 Å². The standard InChI is InChI=1S/C20H23ClN6O3S2/c1-13(26(2)3)19-24-25-20(27(19)16-8-4-14(21)5-9-16)31-12-18(28)23-15-6-10-17(11-7-15)32(22,29)30/h4-11,13H,12H2,1-3H3,(H,23,28)(H2,22,29,30). The number of nitrogens with zero attached hydrogens (tertiary/aromatic N) is 4. The van der Waals surface area contributed by atoms with E-state index >= 15 is 0 Å². The van der Waals surface area contributed by atoms with Crippen LogP contribution >= 0.6 is 23.4 Å². The molecule has 0 radical (unpaired) electrons. The smallest absolute Gasteiger partial charge is 0.238 e. The van der Waals surface area contributed by atoms with Gasteiger partial charge in [-0.15, -0.1) is 10.2 Å². The van der Waals surface area contributed by atoms with E-state index in [1.807, 2.05) is 42.6 Å². The Hall–Kier alpha value is -2.44. The van der Waals surface area contributed by atoms with E-state index in [0.29, 0.717) is 15.9 Å². The minimum atomic E-state index is -3.79. The van der Waals surface area contributed by atoms with Crippen LogP contribution in [0.2, 0.25) is 5.02 Å². The second-order valence-electron chi connectivity index (χ2n) is 7.20. The predicted molar refractivity (Wildman–Crippen MR) is 126 cm³/mol. The van der Waals surface area contributed by atoms with Crippen LogP contribution in [0.5, 0.6) is 0 Å². The molecule has 9 nitrogen and oxygen atoms in total. The van der Waals surface area contributed by atoms with Crippen molar-refractivity contribution in [3.8, 4) is 5.69 Å². The third kappa shape index (κ3) is 5.87. The number of thioether (sulfide) groups is 1. The lowest BCUT2D eigenvalue weighted by atomic mass is 10.2. The highest BCUT2D eigenvalue weighted by Gasteiger charge is 2.21. The molecule has 3 N–H and O–H groups in total. The van der Waals surface area contributed by atoms with Gasteiger partial charge in [-0.3, -0.25) is 14.3 Å². The monoisotopic (exact) mass is 494 g/mol. The number of rotatable bonds is 8. The fourth-order valence-corrected chi connectivity index (χ4v) is 4.16. The first-order valence-corrected chi connectivity index (χ1v) is 12.4. The highest BCUT2D eigenvalue weighted by molar-refractivity contribution is 7.99. The van der Waals surface area contributed by atoms with E-state index in [4.69, 9.17) is 16.7 Å². The Balaban J connectivity index is 1.77. The first-order chi connectivity index (χ1) is 15.1. The summed E-state index contributed by atoms with van der Waals surface area (Å²) in [5.41, 5.74) is 1.30. The maximum Gasteiger partial charge on any atom is 0.238 e. The molecule has 1 heterocycles. The summed E-state index contributed by atoms with van der Waals surface area (Å²) in [7, 11) is 0.117. The Morgan fingerprint density at radius 1 is 1.16 bits per heavy atom. The van der Waals surface area contributed by atoms with Gasteiger partial charge in [-0.1, -0.05) is 23.4 Å². The van der Waals surface area contributed by atoms with Crippen LogP contribution in [0.1, 0.15) is 18.8 Å². The van der Waals surface area contributed by atoms with Gasteiger partial charge in [-0.2, -0.15) is 0 Å². The first-order valence-electron chi connectivity index (χ1n) is 9.49. The number of nitrogens with one attached hydrogen (secondary N) is 1. The summed E-state index contributed by atoms with van der Waals surface area (Å²) < 4.78 is 24.6. The lowest BCUT2D eigenvalue weighted by Gasteiger charge is -2.20. The second-order valence-corrected chi connectivity index (χ2v) is 10.1. The highest BCUT2D eigenvalue weighted by atomic mass is 35.5. The number of halogens is 1. The van der Waals surface area contributed by atoms with Crippen LogP contribution in [0, 0.1) is 0 Å². The van der Waals surface area contributed by atoms with Crippen molar-refractivity contribution in [2.45, 2.75) is 23.0 Å². The van der Waals surface area contributed by atoms with Crippen molar-refractivity contribution in [3.63, 3.8) is 0 Å². The average molecular weight is 495 g/mol. The molecule has 0 aliphatic rings. The Morgan fingerprint density at radius 3 is 2.34 bits per heavy atom. The summed E-state index contributed by atoms with van der Waals surface area (Å²) in [5.74, 6) is 0.545. The van der Waals surface area contributed by atoms with E-state index in [9.17, 15) is 13.2 Å². The molecular weight excluding hydrogens is 472 g/mol. The van der Waals surface area contributed by atoms with E-state index < -0.39 is 10.0 Å². The molecule has 1 aromatic heterocycles. The topological polar surface area (TPSA) is 123 Å². The number of anilines is 1. The van der Waals surface area contributed by atoms with E-state index in [1.165, 1.54) is 36.0 Å². The van der Waals surface area contributed by atoms with Gasteiger partial charge < -0.3 is 5.32 Å². The van der Waals surface area contributed by atoms with Gasteiger partial charge in [0.15, 0.2) is 11.0 Å². The average Bonchev–Trinajstić information content (AvgIpc) is 3.15. The molecule has 1 unspecified atom stereocenters. The number of aromatic nitrogens is 3. The Bertz CT molecular complexity index is 1200. The molecule has 32 heavy (non-hydrogen) atoms. The van der Waals surface area contributed by atoms with Crippen LogP contribution in [-0.4, -0.2) is 53.8 Å². The minimum absolute atomic E-state index is 0.0151. The summed E-state index contributed by atoms with van der Waals surface area (Å²) >= 11 is 7.27. The van der Waals surface area contributed by atoms with Crippen molar-refractivity contribution >= 4 is 45.0 Å². The van der Waals surface area contributed by atoms with E-state index in [2.05, 4.69) is 15.5 Å². The molecular formula is C20H23ClN6O3S2. The zero-order valence-corrected chi connectivity index (χ0v) is 20.1. The number of primary sulfonamides is 1. The first kappa shape index (κ1) is 24.2. The zero-order valence-electron chi connectivity index (χ0n) is 17.7. The van der Waals surface area contributed by atoms with Crippen molar-refractivity contribution in [2.24, 2.45) is 5.14 Å². The van der Waals surface area contributed by atoms with Crippen molar-refractivity contribution in [1.82, 2.24) is 19.7 Å². The molecule has 3 aromatic rings. The highest BCUT2D eigenvalue weighted by Crippen LogP contribution is 2.27. The second kappa shape index (κ2) is 10.0. The molecule has 1 atom stereocenters. The molecule has 0 saturated heterocycles. The molecule has 0 fully saturated rings. The lowest BCUT2D eigenvalue weighted by molar-refractivity contribution is -0.113. The van der Waals surface area contributed by atoms with E-state index in [0.717, 1.165) is 11.5 Å². The van der Waals surface area contributed by atoms with Crippen molar-refractivity contribution in [1.29, 1.82) is 0 Å². The zero-order chi connectivity index (χ0) is 23.5. The van der Waals surface area contributed by atoms with Crippen LogP contribution in [0.25, 0.3) is 5.69 Å². The van der Waals surface area contributed by atoms with Gasteiger partial charge in [0.2, 0.25) is 15.9 Å². The molecule has 2 aromatic carbocycles. The molecule has 0 aliphatic heterocycles. The molecule has 1 amide bonds. The number of sulfonamides is 1. The molecule has 12 heteroatoms. The molecule has 0 aliphatic carbocycles. The summed E-state index contributed by atoms with van der Waals surface area (Å²) in [6.07, 6.45) is 0. The minimum Gasteiger partial charge on any atom is -0.325 e. The van der Waals surface area contributed by atoms with Crippen LogP contribution in [0.3, 0.4) is 0 Å². The SMILES string of the molecule is CC(c1nnc(SCC(=O)Nc2ccc(S(N)(=O)=O)cc2)n1-c1ccc(Cl)cc1)N(C)C. The molecule has 170 valence electrons. The molecule has 0 spiro atoms. The number of hydrogen-bond donors (Lipinski definition) is 2. The van der Waals surface area contributed by atoms with Gasteiger partial charge in [0.25, 0.3) is 0 Å². The number of benzene rings is 2. The van der Waals surface area contributed by atoms with Crippen LogP contribution < -0.4 is 10.5 Å². The largest absolute Gasteiger partial charge is 0.325 e. The van der Waals surface area contributed by atoms with Gasteiger partial charge in [0.05, 0.1) is 16.7 Å². The quantitative estimate of drug-likeness (QED) is 0.461. The van der Waals surface area contributed by atoms with Crippen molar-refractivity contribution < 1.29 is 13.2 Å². The van der Waals surface area contributed by atoms with E-state index in [-0.39, 0.29) is 22.6 Å². The number of nitrogens with two attached hydrogens (primary N) is 1. The van der Waals surface area contributed by atoms with Gasteiger partial charge in [-0.05, 0) is 69.6 Å². The van der Waals surface area contributed by atoms with Crippen molar-refractivity contribution in [3.05, 3.63) is 59.4 Å².